The Hall–Kier alpha value is -1.35. The monoisotopic (exact) mass is 204 g/mol. The Morgan fingerprint density at radius 1 is 1.40 bits per heavy atom. The minimum atomic E-state index is 0.816. The molecular weight excluding hydrogens is 188 g/mol. The van der Waals surface area contributed by atoms with Crippen molar-refractivity contribution in [3.05, 3.63) is 29.7 Å². The van der Waals surface area contributed by atoms with Crippen LogP contribution in [0, 0.1) is 6.92 Å². The average molecular weight is 204 g/mol. The van der Waals surface area contributed by atoms with Crippen LogP contribution in [-0.4, -0.2) is 18.1 Å². The first-order valence-corrected chi connectivity index (χ1v) is 5.36. The maximum atomic E-state index is 5.62. The quantitative estimate of drug-likeness (QED) is 0.776. The van der Waals surface area contributed by atoms with E-state index in [1.807, 2.05) is 12.1 Å². The first kappa shape index (κ1) is 10.2. The van der Waals surface area contributed by atoms with Gasteiger partial charge in [0, 0.05) is 13.0 Å². The van der Waals surface area contributed by atoms with Gasteiger partial charge in [-0.05, 0) is 31.2 Å². The zero-order valence-corrected chi connectivity index (χ0v) is 9.21. The minimum Gasteiger partial charge on any atom is -0.441 e. The summed E-state index contributed by atoms with van der Waals surface area (Å²) < 4.78 is 5.62. The summed E-state index contributed by atoms with van der Waals surface area (Å²) in [5.74, 6) is 0.816. The normalized spacial score (nSPS) is 11.1. The van der Waals surface area contributed by atoms with Crippen LogP contribution in [0.2, 0.25) is 0 Å². The van der Waals surface area contributed by atoms with E-state index in [-0.39, 0.29) is 0 Å². The molecule has 0 saturated carbocycles. The number of rotatable bonds is 4. The Balaban J connectivity index is 2.16. The molecule has 0 aliphatic rings. The number of oxazole rings is 1. The van der Waals surface area contributed by atoms with Crippen LogP contribution in [0.3, 0.4) is 0 Å². The van der Waals surface area contributed by atoms with Crippen LogP contribution in [0.15, 0.2) is 22.6 Å². The molecule has 2 rings (SSSR count). The fourth-order valence-corrected chi connectivity index (χ4v) is 1.56. The molecule has 0 atom stereocenters. The van der Waals surface area contributed by atoms with Crippen molar-refractivity contribution in [3.63, 3.8) is 0 Å². The van der Waals surface area contributed by atoms with Gasteiger partial charge in [0.1, 0.15) is 5.52 Å². The van der Waals surface area contributed by atoms with E-state index in [9.17, 15) is 0 Å². The Morgan fingerprint density at radius 3 is 3.07 bits per heavy atom. The fourth-order valence-electron chi connectivity index (χ4n) is 1.56. The lowest BCUT2D eigenvalue weighted by atomic mass is 10.2. The highest BCUT2D eigenvalue weighted by Crippen LogP contribution is 2.16. The van der Waals surface area contributed by atoms with E-state index in [1.54, 1.807) is 0 Å². The second kappa shape index (κ2) is 4.45. The van der Waals surface area contributed by atoms with Crippen molar-refractivity contribution in [1.29, 1.82) is 0 Å². The van der Waals surface area contributed by atoms with E-state index >= 15 is 0 Å². The molecule has 0 bridgehead atoms. The van der Waals surface area contributed by atoms with Crippen molar-refractivity contribution in [2.75, 3.05) is 13.1 Å². The van der Waals surface area contributed by atoms with Crippen molar-refractivity contribution in [1.82, 2.24) is 10.3 Å². The molecule has 3 heteroatoms. The number of fused-ring (bicyclic) bond motifs is 1. The van der Waals surface area contributed by atoms with Gasteiger partial charge in [0.15, 0.2) is 11.5 Å². The molecule has 2 aromatic rings. The molecule has 3 nitrogen and oxygen atoms in total. The third-order valence-corrected chi connectivity index (χ3v) is 2.35. The topological polar surface area (TPSA) is 38.1 Å². The minimum absolute atomic E-state index is 0.816. The van der Waals surface area contributed by atoms with Gasteiger partial charge in [0.2, 0.25) is 0 Å². The molecule has 1 aromatic carbocycles. The summed E-state index contributed by atoms with van der Waals surface area (Å²) in [5.41, 5.74) is 3.06. The van der Waals surface area contributed by atoms with Crippen molar-refractivity contribution in [3.8, 4) is 0 Å². The molecule has 1 heterocycles. The number of nitrogens with zero attached hydrogens (tertiary/aromatic N) is 1. The van der Waals surface area contributed by atoms with Gasteiger partial charge in [0.25, 0.3) is 0 Å². The van der Waals surface area contributed by atoms with Crippen molar-refractivity contribution >= 4 is 11.1 Å². The van der Waals surface area contributed by atoms with Gasteiger partial charge >= 0.3 is 0 Å². The maximum absolute atomic E-state index is 5.62. The Bertz CT molecular complexity index is 448. The van der Waals surface area contributed by atoms with Gasteiger partial charge in [-0.1, -0.05) is 13.0 Å². The summed E-state index contributed by atoms with van der Waals surface area (Å²) in [6.07, 6.45) is 0.849. The van der Waals surface area contributed by atoms with E-state index in [4.69, 9.17) is 4.42 Å². The second-order valence-corrected chi connectivity index (χ2v) is 3.68. The Morgan fingerprint density at radius 2 is 2.27 bits per heavy atom. The highest BCUT2D eigenvalue weighted by atomic mass is 16.3. The molecular formula is C12H16N2O. The number of nitrogens with one attached hydrogen (secondary N) is 1. The van der Waals surface area contributed by atoms with Crippen molar-refractivity contribution in [2.24, 2.45) is 0 Å². The number of benzene rings is 1. The van der Waals surface area contributed by atoms with Gasteiger partial charge in [-0.2, -0.15) is 0 Å². The van der Waals surface area contributed by atoms with Crippen molar-refractivity contribution < 1.29 is 4.42 Å². The van der Waals surface area contributed by atoms with Crippen LogP contribution in [-0.2, 0) is 6.42 Å². The summed E-state index contributed by atoms with van der Waals surface area (Å²) in [7, 11) is 0. The molecule has 0 aliphatic heterocycles. The Labute approximate surface area is 89.5 Å². The lowest BCUT2D eigenvalue weighted by Crippen LogP contribution is -2.16. The molecule has 0 spiro atoms. The van der Waals surface area contributed by atoms with Gasteiger partial charge < -0.3 is 9.73 Å². The second-order valence-electron chi connectivity index (χ2n) is 3.68. The number of hydrogen-bond donors (Lipinski definition) is 1. The summed E-state index contributed by atoms with van der Waals surface area (Å²) in [6.45, 7) is 6.06. The number of hydrogen-bond acceptors (Lipinski definition) is 3. The molecule has 1 N–H and O–H groups in total. The van der Waals surface area contributed by atoms with Gasteiger partial charge in [-0.15, -0.1) is 0 Å². The SMILES string of the molecule is CCNCCc1nc2cc(C)ccc2o1. The molecule has 1 aromatic heterocycles. The van der Waals surface area contributed by atoms with E-state index in [1.165, 1.54) is 5.56 Å². The summed E-state index contributed by atoms with van der Waals surface area (Å²) in [4.78, 5) is 4.44. The summed E-state index contributed by atoms with van der Waals surface area (Å²) in [5, 5.41) is 3.25. The van der Waals surface area contributed by atoms with Crippen LogP contribution in [0.1, 0.15) is 18.4 Å². The Kier molecular flexibility index (Phi) is 3.02. The van der Waals surface area contributed by atoms with Crippen LogP contribution < -0.4 is 5.32 Å². The molecule has 0 radical (unpaired) electrons. The highest BCUT2D eigenvalue weighted by molar-refractivity contribution is 5.73. The summed E-state index contributed by atoms with van der Waals surface area (Å²) >= 11 is 0. The largest absolute Gasteiger partial charge is 0.441 e. The van der Waals surface area contributed by atoms with Crippen LogP contribution >= 0.6 is 0 Å². The molecule has 0 amide bonds. The van der Waals surface area contributed by atoms with Crippen LogP contribution in [0.4, 0.5) is 0 Å². The molecule has 0 fully saturated rings. The predicted octanol–water partition coefficient (Wildman–Crippen LogP) is 2.29. The first-order chi connectivity index (χ1) is 7.29. The number of aryl methyl sites for hydroxylation is 1. The highest BCUT2D eigenvalue weighted by Gasteiger charge is 2.04. The van der Waals surface area contributed by atoms with E-state index in [0.29, 0.717) is 0 Å². The molecule has 80 valence electrons. The van der Waals surface area contributed by atoms with Gasteiger partial charge in [0.05, 0.1) is 0 Å². The van der Waals surface area contributed by atoms with Crippen molar-refractivity contribution in [2.45, 2.75) is 20.3 Å². The molecule has 0 saturated heterocycles. The standard InChI is InChI=1S/C12H16N2O/c1-3-13-7-6-12-14-10-8-9(2)4-5-11(10)15-12/h4-5,8,13H,3,6-7H2,1-2H3. The molecule has 15 heavy (non-hydrogen) atoms. The predicted molar refractivity (Wildman–Crippen MR) is 61.0 cm³/mol. The zero-order valence-electron chi connectivity index (χ0n) is 9.21. The van der Waals surface area contributed by atoms with Crippen LogP contribution in [0.25, 0.3) is 11.1 Å². The summed E-state index contributed by atoms with van der Waals surface area (Å²) in [6, 6.07) is 6.07. The number of likely N-dealkylation sites (N-methyl/N-ethyl adjacent to an activating group) is 1. The zero-order chi connectivity index (χ0) is 10.7. The average Bonchev–Trinajstić information content (AvgIpc) is 2.60. The van der Waals surface area contributed by atoms with Crippen LogP contribution in [0.5, 0.6) is 0 Å². The first-order valence-electron chi connectivity index (χ1n) is 5.36. The fraction of sp³-hybridized carbons (Fsp3) is 0.417. The van der Waals surface area contributed by atoms with Gasteiger partial charge in [-0.25, -0.2) is 4.98 Å². The maximum Gasteiger partial charge on any atom is 0.196 e. The van der Waals surface area contributed by atoms with E-state index in [2.05, 4.69) is 30.2 Å². The number of aromatic nitrogens is 1. The lowest BCUT2D eigenvalue weighted by molar-refractivity contribution is 0.517. The molecule has 0 aliphatic carbocycles. The molecule has 0 unspecified atom stereocenters. The van der Waals surface area contributed by atoms with E-state index < -0.39 is 0 Å². The van der Waals surface area contributed by atoms with E-state index in [0.717, 1.165) is 36.5 Å². The smallest absolute Gasteiger partial charge is 0.196 e. The van der Waals surface area contributed by atoms with Gasteiger partial charge in [-0.3, -0.25) is 0 Å². The lowest BCUT2D eigenvalue weighted by Gasteiger charge is -1.95. The third kappa shape index (κ3) is 2.36. The third-order valence-electron chi connectivity index (χ3n) is 2.35.